The Balaban J connectivity index is 1.58. The lowest BCUT2D eigenvalue weighted by molar-refractivity contribution is 0.0700. The van der Waals surface area contributed by atoms with E-state index in [1.165, 1.54) is 22.7 Å². The number of rotatable bonds is 3. The summed E-state index contributed by atoms with van der Waals surface area (Å²) in [5.74, 6) is -1.99. The highest BCUT2D eigenvalue weighted by atomic mass is 19.1. The number of nitrogens with zero attached hydrogens (tertiary/aromatic N) is 3. The average Bonchev–Trinajstić information content (AvgIpc) is 3.12. The number of primary amides is 1. The van der Waals surface area contributed by atoms with Gasteiger partial charge in [0.05, 0.1) is 5.56 Å². The van der Waals surface area contributed by atoms with Crippen molar-refractivity contribution in [2.24, 2.45) is 5.73 Å². The maximum atomic E-state index is 14.4. The summed E-state index contributed by atoms with van der Waals surface area (Å²) in [5.41, 5.74) is 6.85. The predicted octanol–water partition coefficient (Wildman–Crippen LogP) is 1.59. The molecule has 1 unspecified atom stereocenters. The molecule has 0 radical (unpaired) electrons. The fraction of sp³-hybridized carbons (Fsp3) is 0.300. The fourth-order valence-corrected chi connectivity index (χ4v) is 3.77. The number of benzene rings is 1. The number of aryl methyl sites for hydroxylation is 1. The van der Waals surface area contributed by atoms with Crippen LogP contribution in [0.5, 0.6) is 0 Å². The van der Waals surface area contributed by atoms with E-state index in [1.54, 1.807) is 11.8 Å². The van der Waals surface area contributed by atoms with Gasteiger partial charge < -0.3 is 10.6 Å². The van der Waals surface area contributed by atoms with Crippen LogP contribution in [0.15, 0.2) is 35.1 Å². The molecule has 3 heterocycles. The second-order valence-corrected chi connectivity index (χ2v) is 7.29. The molecule has 0 bridgehead atoms. The number of carbonyl (C=O) groups is 2. The summed E-state index contributed by atoms with van der Waals surface area (Å²) < 4.78 is 15.7. The number of H-pyrrole nitrogens is 1. The SMILES string of the molecule is Cc1cc(=O)n2[nH]c(C3CCCN(C(=O)c4ccc(C(N)=O)cc4F)C3)cc2n1. The monoisotopic (exact) mass is 397 g/mol. The molecule has 1 aromatic carbocycles. The summed E-state index contributed by atoms with van der Waals surface area (Å²) >= 11 is 0. The standard InChI is InChI=1S/C20H20FN5O3/c1-11-7-18(27)26-17(23-11)9-16(24-26)13-3-2-6-25(10-13)20(29)14-5-4-12(19(22)28)8-15(14)21/h4-5,7-9,13,24H,2-3,6,10H2,1H3,(H2,22,28). The molecule has 8 nitrogen and oxygen atoms in total. The van der Waals surface area contributed by atoms with Gasteiger partial charge in [0.1, 0.15) is 5.82 Å². The van der Waals surface area contributed by atoms with Crippen LogP contribution >= 0.6 is 0 Å². The van der Waals surface area contributed by atoms with Gasteiger partial charge in [-0.1, -0.05) is 0 Å². The minimum absolute atomic E-state index is 0.0156. The summed E-state index contributed by atoms with van der Waals surface area (Å²) in [6.07, 6.45) is 1.57. The molecule has 3 aromatic rings. The number of piperidine rings is 1. The summed E-state index contributed by atoms with van der Waals surface area (Å²) in [4.78, 5) is 42.1. The van der Waals surface area contributed by atoms with E-state index >= 15 is 0 Å². The van der Waals surface area contributed by atoms with Crippen molar-refractivity contribution in [3.05, 3.63) is 69.0 Å². The van der Waals surface area contributed by atoms with Gasteiger partial charge in [-0.15, -0.1) is 0 Å². The van der Waals surface area contributed by atoms with Crippen LogP contribution in [-0.4, -0.2) is 44.4 Å². The molecular formula is C20H20FN5O3. The largest absolute Gasteiger partial charge is 0.366 e. The van der Waals surface area contributed by atoms with Crippen LogP contribution in [0.3, 0.4) is 0 Å². The molecule has 0 saturated carbocycles. The highest BCUT2D eigenvalue weighted by Crippen LogP contribution is 2.27. The normalized spacial score (nSPS) is 16.9. The Morgan fingerprint density at radius 2 is 2.07 bits per heavy atom. The van der Waals surface area contributed by atoms with E-state index in [4.69, 9.17) is 5.73 Å². The van der Waals surface area contributed by atoms with Crippen LogP contribution in [-0.2, 0) is 0 Å². The van der Waals surface area contributed by atoms with Crippen molar-refractivity contribution in [1.82, 2.24) is 19.5 Å². The lowest BCUT2D eigenvalue weighted by Crippen LogP contribution is -2.39. The van der Waals surface area contributed by atoms with Gasteiger partial charge in [0, 0.05) is 48.1 Å². The van der Waals surface area contributed by atoms with E-state index in [2.05, 4.69) is 10.1 Å². The molecule has 9 heteroatoms. The number of fused-ring (bicyclic) bond motifs is 1. The van der Waals surface area contributed by atoms with Crippen LogP contribution in [0.2, 0.25) is 0 Å². The van der Waals surface area contributed by atoms with E-state index < -0.39 is 17.6 Å². The summed E-state index contributed by atoms with van der Waals surface area (Å²) in [6, 6.07) is 6.88. The smallest absolute Gasteiger partial charge is 0.272 e. The molecule has 2 aromatic heterocycles. The zero-order chi connectivity index (χ0) is 20.7. The van der Waals surface area contributed by atoms with E-state index in [9.17, 15) is 18.8 Å². The number of nitrogens with one attached hydrogen (secondary N) is 1. The van der Waals surface area contributed by atoms with Crippen LogP contribution in [0.25, 0.3) is 5.65 Å². The molecule has 4 rings (SSSR count). The summed E-state index contributed by atoms with van der Waals surface area (Å²) in [6.45, 7) is 2.65. The minimum atomic E-state index is -0.773. The van der Waals surface area contributed by atoms with Crippen molar-refractivity contribution >= 4 is 17.5 Å². The van der Waals surface area contributed by atoms with Gasteiger partial charge in [0.25, 0.3) is 11.5 Å². The molecule has 150 valence electrons. The first-order chi connectivity index (χ1) is 13.8. The van der Waals surface area contributed by atoms with Gasteiger partial charge >= 0.3 is 0 Å². The van der Waals surface area contributed by atoms with Crippen LogP contribution in [0, 0.1) is 12.7 Å². The number of carbonyl (C=O) groups excluding carboxylic acids is 2. The number of nitrogens with two attached hydrogens (primary N) is 1. The average molecular weight is 397 g/mol. The first-order valence-corrected chi connectivity index (χ1v) is 9.31. The van der Waals surface area contributed by atoms with Gasteiger partial charge in [-0.3, -0.25) is 19.5 Å². The van der Waals surface area contributed by atoms with Gasteiger partial charge in [0.15, 0.2) is 5.65 Å². The molecule has 1 saturated heterocycles. The number of likely N-dealkylation sites (tertiary alicyclic amines) is 1. The van der Waals surface area contributed by atoms with E-state index in [-0.39, 0.29) is 22.6 Å². The lowest BCUT2D eigenvalue weighted by atomic mass is 9.94. The lowest BCUT2D eigenvalue weighted by Gasteiger charge is -2.32. The third-order valence-corrected chi connectivity index (χ3v) is 5.23. The molecule has 3 N–H and O–H groups in total. The highest BCUT2D eigenvalue weighted by Gasteiger charge is 2.28. The summed E-state index contributed by atoms with van der Waals surface area (Å²) in [7, 11) is 0. The third-order valence-electron chi connectivity index (χ3n) is 5.23. The van der Waals surface area contributed by atoms with Gasteiger partial charge in [-0.2, -0.15) is 0 Å². The molecule has 1 fully saturated rings. The third kappa shape index (κ3) is 3.51. The van der Waals surface area contributed by atoms with Crippen molar-refractivity contribution in [3.8, 4) is 0 Å². The maximum absolute atomic E-state index is 14.4. The van der Waals surface area contributed by atoms with Crippen LogP contribution in [0.1, 0.15) is 50.9 Å². The molecule has 1 aliphatic rings. The minimum Gasteiger partial charge on any atom is -0.366 e. The number of hydrogen-bond donors (Lipinski definition) is 2. The van der Waals surface area contributed by atoms with Gasteiger partial charge in [-0.25, -0.2) is 13.9 Å². The van der Waals surface area contributed by atoms with Gasteiger partial charge in [-0.05, 0) is 38.0 Å². The first kappa shape index (κ1) is 18.9. The Morgan fingerprint density at radius 1 is 1.28 bits per heavy atom. The molecule has 1 aliphatic heterocycles. The highest BCUT2D eigenvalue weighted by molar-refractivity contribution is 5.97. The molecule has 1 atom stereocenters. The van der Waals surface area contributed by atoms with Crippen molar-refractivity contribution < 1.29 is 14.0 Å². The Hall–Kier alpha value is -3.49. The number of aromatic nitrogens is 3. The molecule has 29 heavy (non-hydrogen) atoms. The van der Waals surface area contributed by atoms with Crippen molar-refractivity contribution in [3.63, 3.8) is 0 Å². The number of amides is 2. The van der Waals surface area contributed by atoms with Gasteiger partial charge in [0.2, 0.25) is 5.91 Å². The number of aromatic amines is 1. The maximum Gasteiger partial charge on any atom is 0.272 e. The Morgan fingerprint density at radius 3 is 2.79 bits per heavy atom. The number of hydrogen-bond acceptors (Lipinski definition) is 4. The zero-order valence-electron chi connectivity index (χ0n) is 15.8. The predicted molar refractivity (Wildman–Crippen MR) is 103 cm³/mol. The van der Waals surface area contributed by atoms with Crippen molar-refractivity contribution in [2.45, 2.75) is 25.7 Å². The second kappa shape index (κ2) is 7.16. The quantitative estimate of drug-likeness (QED) is 0.699. The molecular weight excluding hydrogens is 377 g/mol. The fourth-order valence-electron chi connectivity index (χ4n) is 3.77. The summed E-state index contributed by atoms with van der Waals surface area (Å²) in [5, 5.41) is 3.07. The second-order valence-electron chi connectivity index (χ2n) is 7.29. The Labute approximate surface area is 165 Å². The van der Waals surface area contributed by atoms with Crippen molar-refractivity contribution in [1.29, 1.82) is 0 Å². The molecule has 2 amide bonds. The van der Waals surface area contributed by atoms with Crippen LogP contribution < -0.4 is 11.3 Å². The van der Waals surface area contributed by atoms with E-state index in [0.29, 0.717) is 24.4 Å². The van der Waals surface area contributed by atoms with Crippen molar-refractivity contribution in [2.75, 3.05) is 13.1 Å². The molecule has 0 aliphatic carbocycles. The Bertz CT molecular complexity index is 1180. The van der Waals surface area contributed by atoms with E-state index in [1.807, 2.05) is 6.07 Å². The molecule has 0 spiro atoms. The Kier molecular flexibility index (Phi) is 4.65. The number of halogens is 1. The zero-order valence-corrected chi connectivity index (χ0v) is 15.8. The topological polar surface area (TPSA) is 114 Å². The van der Waals surface area contributed by atoms with Crippen LogP contribution in [0.4, 0.5) is 4.39 Å². The first-order valence-electron chi connectivity index (χ1n) is 9.31. The van der Waals surface area contributed by atoms with E-state index in [0.717, 1.165) is 24.6 Å².